The van der Waals surface area contributed by atoms with Gasteiger partial charge in [0, 0.05) is 23.5 Å². The summed E-state index contributed by atoms with van der Waals surface area (Å²) in [4.78, 5) is 42.0. The van der Waals surface area contributed by atoms with Crippen LogP contribution in [0.15, 0.2) is 58.3 Å². The summed E-state index contributed by atoms with van der Waals surface area (Å²) in [6, 6.07) is 13.8. The highest BCUT2D eigenvalue weighted by atomic mass is 32.2. The molecular formula is C23H21N3O5S. The van der Waals surface area contributed by atoms with Crippen molar-refractivity contribution in [1.82, 2.24) is 9.47 Å². The molecule has 2 amide bonds. The van der Waals surface area contributed by atoms with E-state index in [9.17, 15) is 19.5 Å². The van der Waals surface area contributed by atoms with Crippen molar-refractivity contribution in [2.75, 3.05) is 25.4 Å². The van der Waals surface area contributed by atoms with Crippen molar-refractivity contribution >= 4 is 39.9 Å². The van der Waals surface area contributed by atoms with Gasteiger partial charge in [-0.3, -0.25) is 24.3 Å². The molecule has 0 spiro atoms. The molecule has 1 fully saturated rings. The molecule has 0 bridgehead atoms. The number of imide groups is 1. The maximum atomic E-state index is 13.1. The van der Waals surface area contributed by atoms with Crippen molar-refractivity contribution in [2.24, 2.45) is 4.99 Å². The monoisotopic (exact) mass is 451 g/mol. The molecule has 3 aromatic rings. The molecule has 1 aliphatic heterocycles. The molecule has 0 atom stereocenters. The number of fused-ring (bicyclic) bond motifs is 1. The van der Waals surface area contributed by atoms with E-state index in [1.807, 2.05) is 6.92 Å². The van der Waals surface area contributed by atoms with Crippen LogP contribution < -0.4 is 10.3 Å². The molecule has 0 saturated carbocycles. The fourth-order valence-electron chi connectivity index (χ4n) is 3.50. The average Bonchev–Trinajstić information content (AvgIpc) is 3.12. The first kappa shape index (κ1) is 21.6. The number of carbonyl (C=O) groups excluding carboxylic acids is 2. The Kier molecular flexibility index (Phi) is 6.27. The van der Waals surface area contributed by atoms with Crippen LogP contribution in [0, 0.1) is 0 Å². The summed E-state index contributed by atoms with van der Waals surface area (Å²) in [5.74, 6) is 0.342. The van der Waals surface area contributed by atoms with Crippen LogP contribution in [0.5, 0.6) is 11.6 Å². The summed E-state index contributed by atoms with van der Waals surface area (Å²) in [6.45, 7) is 2.76. The highest BCUT2D eigenvalue weighted by molar-refractivity contribution is 8.14. The molecule has 1 saturated heterocycles. The van der Waals surface area contributed by atoms with E-state index in [2.05, 4.69) is 4.99 Å². The number of ether oxygens (including phenoxy) is 1. The Bertz CT molecular complexity index is 1250. The molecule has 0 unspecified atom stereocenters. The summed E-state index contributed by atoms with van der Waals surface area (Å²) in [5.41, 5.74) is 0.508. The number of hydrogen-bond donors (Lipinski definition) is 1. The number of carbonyl (C=O) groups is 2. The number of nitrogens with zero attached hydrogens (tertiary/aromatic N) is 3. The molecule has 1 aromatic heterocycles. The van der Waals surface area contributed by atoms with Crippen LogP contribution in [0.2, 0.25) is 0 Å². The van der Waals surface area contributed by atoms with Crippen LogP contribution in [-0.4, -0.2) is 57.4 Å². The van der Waals surface area contributed by atoms with Gasteiger partial charge in [0.1, 0.15) is 5.75 Å². The van der Waals surface area contributed by atoms with E-state index >= 15 is 0 Å². The smallest absolute Gasteiger partial charge is 0.288 e. The predicted molar refractivity (Wildman–Crippen MR) is 124 cm³/mol. The minimum atomic E-state index is -0.357. The van der Waals surface area contributed by atoms with Gasteiger partial charge >= 0.3 is 0 Å². The molecule has 8 nitrogen and oxygen atoms in total. The normalized spacial score (nSPS) is 14.1. The zero-order valence-corrected chi connectivity index (χ0v) is 18.2. The highest BCUT2D eigenvalue weighted by Crippen LogP contribution is 2.27. The van der Waals surface area contributed by atoms with Gasteiger partial charge in [-0.2, -0.15) is 0 Å². The standard InChI is InChI=1S/C23H21N3O5S/c1-2-31-16-9-7-15(8-10-16)26-21(28)18-6-4-3-5-17(18)19(22(26)29)13-24-11-12-25-20(27)14-32-23(25)30/h3-10,13,29H,2,11-12,14H2,1H3. The first-order valence-electron chi connectivity index (χ1n) is 10.1. The lowest BCUT2D eigenvalue weighted by Crippen LogP contribution is -2.31. The Morgan fingerprint density at radius 3 is 2.47 bits per heavy atom. The second-order valence-electron chi connectivity index (χ2n) is 6.99. The van der Waals surface area contributed by atoms with Crippen molar-refractivity contribution in [3.05, 3.63) is 64.4 Å². The van der Waals surface area contributed by atoms with E-state index in [0.717, 1.165) is 11.8 Å². The molecule has 9 heteroatoms. The molecular weight excluding hydrogens is 430 g/mol. The van der Waals surface area contributed by atoms with E-state index in [0.29, 0.717) is 34.4 Å². The Morgan fingerprint density at radius 2 is 1.81 bits per heavy atom. The summed E-state index contributed by atoms with van der Waals surface area (Å²) < 4.78 is 6.68. The third kappa shape index (κ3) is 4.11. The number of rotatable bonds is 7. The minimum Gasteiger partial charge on any atom is -0.494 e. The summed E-state index contributed by atoms with van der Waals surface area (Å²) in [5, 5.41) is 11.7. The number of hydrogen-bond acceptors (Lipinski definition) is 7. The number of thioether (sulfide) groups is 1. The molecule has 4 rings (SSSR count). The van der Waals surface area contributed by atoms with Gasteiger partial charge in [0.25, 0.3) is 10.8 Å². The number of benzene rings is 2. The van der Waals surface area contributed by atoms with Crippen molar-refractivity contribution in [3.63, 3.8) is 0 Å². The molecule has 164 valence electrons. The Hall–Kier alpha value is -3.59. The zero-order chi connectivity index (χ0) is 22.7. The van der Waals surface area contributed by atoms with E-state index in [-0.39, 0.29) is 41.4 Å². The molecule has 1 aliphatic rings. The van der Waals surface area contributed by atoms with Gasteiger partial charge in [0.2, 0.25) is 11.8 Å². The lowest BCUT2D eigenvalue weighted by atomic mass is 10.1. The Labute approximate surface area is 188 Å². The molecule has 2 heterocycles. The zero-order valence-electron chi connectivity index (χ0n) is 17.4. The maximum absolute atomic E-state index is 13.1. The predicted octanol–water partition coefficient (Wildman–Crippen LogP) is 3.21. The van der Waals surface area contributed by atoms with E-state index in [1.165, 1.54) is 15.7 Å². The van der Waals surface area contributed by atoms with Crippen molar-refractivity contribution in [3.8, 4) is 17.3 Å². The van der Waals surface area contributed by atoms with E-state index < -0.39 is 0 Å². The van der Waals surface area contributed by atoms with E-state index in [1.54, 1.807) is 48.5 Å². The van der Waals surface area contributed by atoms with Gasteiger partial charge in [-0.05, 0) is 37.3 Å². The lowest BCUT2D eigenvalue weighted by Gasteiger charge is -2.14. The molecule has 1 N–H and O–H groups in total. The van der Waals surface area contributed by atoms with Gasteiger partial charge in [-0.15, -0.1) is 0 Å². The largest absolute Gasteiger partial charge is 0.494 e. The lowest BCUT2D eigenvalue weighted by molar-refractivity contribution is -0.124. The van der Waals surface area contributed by atoms with Crippen LogP contribution in [0.3, 0.4) is 0 Å². The molecule has 2 aromatic carbocycles. The number of aliphatic imine (C=N–C) groups is 1. The Balaban J connectivity index is 1.71. The summed E-state index contributed by atoms with van der Waals surface area (Å²) in [7, 11) is 0. The molecule has 0 radical (unpaired) electrons. The molecule has 32 heavy (non-hydrogen) atoms. The summed E-state index contributed by atoms with van der Waals surface area (Å²) >= 11 is 0.976. The quantitative estimate of drug-likeness (QED) is 0.554. The van der Waals surface area contributed by atoms with Gasteiger partial charge in [-0.25, -0.2) is 4.57 Å². The van der Waals surface area contributed by atoms with Gasteiger partial charge in [0.15, 0.2) is 0 Å². The minimum absolute atomic E-state index is 0.154. The topological polar surface area (TPSA) is 101 Å². The first-order chi connectivity index (χ1) is 15.5. The third-order valence-electron chi connectivity index (χ3n) is 5.02. The highest BCUT2D eigenvalue weighted by Gasteiger charge is 2.29. The number of pyridine rings is 1. The number of aromatic hydroxyl groups is 1. The SMILES string of the molecule is CCOc1ccc(-n2c(O)c(C=NCCN3C(=O)CSC3=O)c3ccccc3c2=O)cc1. The van der Waals surface area contributed by atoms with Crippen LogP contribution in [0.1, 0.15) is 12.5 Å². The second-order valence-corrected chi connectivity index (χ2v) is 7.91. The van der Waals surface area contributed by atoms with Gasteiger partial charge in [-0.1, -0.05) is 30.0 Å². The van der Waals surface area contributed by atoms with Crippen LogP contribution in [0.25, 0.3) is 16.5 Å². The fourth-order valence-corrected chi connectivity index (χ4v) is 4.25. The summed E-state index contributed by atoms with van der Waals surface area (Å²) in [6.07, 6.45) is 1.47. The van der Waals surface area contributed by atoms with Gasteiger partial charge in [0.05, 0.1) is 30.2 Å². The number of amides is 2. The second kappa shape index (κ2) is 9.27. The maximum Gasteiger partial charge on any atom is 0.288 e. The number of aromatic nitrogens is 1. The van der Waals surface area contributed by atoms with Crippen LogP contribution >= 0.6 is 11.8 Å². The van der Waals surface area contributed by atoms with Crippen LogP contribution in [-0.2, 0) is 4.79 Å². The van der Waals surface area contributed by atoms with Crippen molar-refractivity contribution in [1.29, 1.82) is 0 Å². The van der Waals surface area contributed by atoms with Crippen molar-refractivity contribution < 1.29 is 19.4 Å². The van der Waals surface area contributed by atoms with Gasteiger partial charge < -0.3 is 9.84 Å². The van der Waals surface area contributed by atoms with Crippen LogP contribution in [0.4, 0.5) is 4.79 Å². The molecule has 0 aliphatic carbocycles. The third-order valence-corrected chi connectivity index (χ3v) is 5.88. The first-order valence-corrected chi connectivity index (χ1v) is 11.1. The van der Waals surface area contributed by atoms with E-state index in [4.69, 9.17) is 4.74 Å². The fraction of sp³-hybridized carbons (Fsp3) is 0.217. The van der Waals surface area contributed by atoms with Crippen molar-refractivity contribution in [2.45, 2.75) is 6.92 Å². The average molecular weight is 452 g/mol. The Morgan fingerprint density at radius 1 is 1.09 bits per heavy atom.